The molecule has 1 heterocycles. The van der Waals surface area contributed by atoms with Crippen LogP contribution in [0.4, 0.5) is 6.01 Å². The van der Waals surface area contributed by atoms with Crippen LogP contribution in [0.5, 0.6) is 0 Å². The first-order valence-electron chi connectivity index (χ1n) is 5.32. The van der Waals surface area contributed by atoms with Crippen molar-refractivity contribution in [3.05, 3.63) is 24.3 Å². The summed E-state index contributed by atoms with van der Waals surface area (Å²) in [7, 11) is 0. The Hall–Kier alpha value is -2.04. The second-order valence-corrected chi connectivity index (χ2v) is 4.57. The normalized spacial score (nSPS) is 11.6. The van der Waals surface area contributed by atoms with Gasteiger partial charge in [0, 0.05) is 5.54 Å². The number of aromatic nitrogens is 1. The molecule has 0 aliphatic carbocycles. The number of rotatable bonds is 4. The van der Waals surface area contributed by atoms with Gasteiger partial charge in [-0.3, -0.25) is 4.79 Å². The Labute approximate surface area is 98.5 Å². The summed E-state index contributed by atoms with van der Waals surface area (Å²) in [5.74, 6) is -0.862. The lowest BCUT2D eigenvalue weighted by Gasteiger charge is -2.22. The number of carbonyl (C=O) groups is 1. The maximum absolute atomic E-state index is 10.7. The number of fused-ring (bicyclic) bond motifs is 1. The standard InChI is InChI=1S/C12H14N2O3/c1-12(2,7-10(15)16)14-11-13-8-5-3-4-6-9(8)17-11/h3-6H,7H2,1-2H3,(H,13,14)(H,15,16). The summed E-state index contributed by atoms with van der Waals surface area (Å²) in [6.07, 6.45) is -0.00821. The van der Waals surface area contributed by atoms with Gasteiger partial charge in [-0.1, -0.05) is 12.1 Å². The van der Waals surface area contributed by atoms with Gasteiger partial charge in [-0.2, -0.15) is 4.98 Å². The van der Waals surface area contributed by atoms with Crippen LogP contribution in [0.3, 0.4) is 0 Å². The van der Waals surface area contributed by atoms with E-state index in [0.29, 0.717) is 11.6 Å². The fourth-order valence-electron chi connectivity index (χ4n) is 1.64. The zero-order chi connectivity index (χ0) is 12.5. The van der Waals surface area contributed by atoms with Gasteiger partial charge in [0.15, 0.2) is 5.58 Å². The van der Waals surface area contributed by atoms with Crippen LogP contribution < -0.4 is 5.32 Å². The third-order valence-corrected chi connectivity index (χ3v) is 2.33. The number of benzene rings is 1. The van der Waals surface area contributed by atoms with Crippen molar-refractivity contribution < 1.29 is 14.3 Å². The van der Waals surface area contributed by atoms with Gasteiger partial charge in [0.05, 0.1) is 6.42 Å². The van der Waals surface area contributed by atoms with Gasteiger partial charge >= 0.3 is 5.97 Å². The molecule has 2 aromatic rings. The lowest BCUT2D eigenvalue weighted by molar-refractivity contribution is -0.137. The lowest BCUT2D eigenvalue weighted by Crippen LogP contribution is -2.33. The van der Waals surface area contributed by atoms with Crippen molar-refractivity contribution in [2.75, 3.05) is 5.32 Å². The van der Waals surface area contributed by atoms with E-state index < -0.39 is 11.5 Å². The third-order valence-electron chi connectivity index (χ3n) is 2.33. The summed E-state index contributed by atoms with van der Waals surface area (Å²) in [5, 5.41) is 11.8. The predicted molar refractivity (Wildman–Crippen MR) is 64.0 cm³/mol. The Morgan fingerprint density at radius 3 is 2.82 bits per heavy atom. The quantitative estimate of drug-likeness (QED) is 0.850. The van der Waals surface area contributed by atoms with Gasteiger partial charge in [-0.05, 0) is 26.0 Å². The second kappa shape index (κ2) is 4.08. The number of aliphatic carboxylic acids is 1. The molecule has 0 saturated carbocycles. The molecule has 1 aromatic heterocycles. The van der Waals surface area contributed by atoms with Crippen molar-refractivity contribution >= 4 is 23.1 Å². The van der Waals surface area contributed by atoms with Gasteiger partial charge in [0.1, 0.15) is 5.52 Å². The number of hydrogen-bond donors (Lipinski definition) is 2. The van der Waals surface area contributed by atoms with E-state index in [2.05, 4.69) is 10.3 Å². The second-order valence-electron chi connectivity index (χ2n) is 4.57. The van der Waals surface area contributed by atoms with Gasteiger partial charge < -0.3 is 14.8 Å². The molecular weight excluding hydrogens is 220 g/mol. The summed E-state index contributed by atoms with van der Waals surface area (Å²) >= 11 is 0. The Balaban J connectivity index is 2.20. The molecule has 0 saturated heterocycles. The Morgan fingerprint density at radius 1 is 1.47 bits per heavy atom. The Morgan fingerprint density at radius 2 is 2.18 bits per heavy atom. The van der Waals surface area contributed by atoms with Crippen molar-refractivity contribution in [3.8, 4) is 0 Å². The molecule has 0 bridgehead atoms. The number of nitrogens with zero attached hydrogens (tertiary/aromatic N) is 1. The Kier molecular flexibility index (Phi) is 2.75. The van der Waals surface area contributed by atoms with Crippen LogP contribution in [0.25, 0.3) is 11.1 Å². The molecule has 0 aliphatic rings. The minimum atomic E-state index is -0.862. The number of carboxylic acids is 1. The van der Waals surface area contributed by atoms with E-state index in [1.807, 2.05) is 24.3 Å². The van der Waals surface area contributed by atoms with E-state index in [-0.39, 0.29) is 6.42 Å². The number of carboxylic acid groups (broad SMARTS) is 1. The predicted octanol–water partition coefficient (Wildman–Crippen LogP) is 2.49. The topological polar surface area (TPSA) is 75.4 Å². The fraction of sp³-hybridized carbons (Fsp3) is 0.333. The molecule has 2 N–H and O–H groups in total. The molecule has 0 unspecified atom stereocenters. The molecule has 5 heteroatoms. The number of anilines is 1. The van der Waals surface area contributed by atoms with Crippen LogP contribution in [0.2, 0.25) is 0 Å². The first-order chi connectivity index (χ1) is 7.96. The number of hydrogen-bond acceptors (Lipinski definition) is 4. The molecule has 2 rings (SSSR count). The van der Waals surface area contributed by atoms with Crippen LogP contribution in [-0.2, 0) is 4.79 Å². The SMILES string of the molecule is CC(C)(CC(=O)O)Nc1nc2ccccc2o1. The molecule has 0 fully saturated rings. The lowest BCUT2D eigenvalue weighted by atomic mass is 10.0. The van der Waals surface area contributed by atoms with Crippen molar-refractivity contribution in [2.24, 2.45) is 0 Å². The van der Waals surface area contributed by atoms with E-state index in [9.17, 15) is 4.79 Å². The molecule has 0 amide bonds. The summed E-state index contributed by atoms with van der Waals surface area (Å²) < 4.78 is 5.47. The molecule has 0 spiro atoms. The van der Waals surface area contributed by atoms with E-state index in [0.717, 1.165) is 5.52 Å². The molecular formula is C12H14N2O3. The summed E-state index contributed by atoms with van der Waals surface area (Å²) in [5.41, 5.74) is 0.828. The van der Waals surface area contributed by atoms with Crippen molar-refractivity contribution in [2.45, 2.75) is 25.8 Å². The molecule has 90 valence electrons. The van der Waals surface area contributed by atoms with Crippen molar-refractivity contribution in [3.63, 3.8) is 0 Å². The van der Waals surface area contributed by atoms with E-state index >= 15 is 0 Å². The first-order valence-corrected chi connectivity index (χ1v) is 5.32. The molecule has 0 atom stereocenters. The molecule has 5 nitrogen and oxygen atoms in total. The van der Waals surface area contributed by atoms with Crippen LogP contribution in [0.15, 0.2) is 28.7 Å². The van der Waals surface area contributed by atoms with Gasteiger partial charge in [0.2, 0.25) is 0 Å². The largest absolute Gasteiger partial charge is 0.481 e. The number of para-hydroxylation sites is 2. The molecule has 17 heavy (non-hydrogen) atoms. The monoisotopic (exact) mass is 234 g/mol. The fourth-order valence-corrected chi connectivity index (χ4v) is 1.64. The highest BCUT2D eigenvalue weighted by Gasteiger charge is 2.23. The summed E-state index contributed by atoms with van der Waals surface area (Å²) in [4.78, 5) is 14.9. The smallest absolute Gasteiger partial charge is 0.305 e. The minimum Gasteiger partial charge on any atom is -0.481 e. The summed E-state index contributed by atoms with van der Waals surface area (Å²) in [6.45, 7) is 3.58. The highest BCUT2D eigenvalue weighted by Crippen LogP contribution is 2.22. The van der Waals surface area contributed by atoms with E-state index in [1.54, 1.807) is 13.8 Å². The first kappa shape index (κ1) is 11.4. The summed E-state index contributed by atoms with van der Waals surface area (Å²) in [6, 6.07) is 7.74. The van der Waals surface area contributed by atoms with E-state index in [4.69, 9.17) is 9.52 Å². The average Bonchev–Trinajstić information content (AvgIpc) is 2.55. The zero-order valence-corrected chi connectivity index (χ0v) is 9.73. The molecule has 1 aromatic carbocycles. The van der Waals surface area contributed by atoms with Crippen LogP contribution >= 0.6 is 0 Å². The van der Waals surface area contributed by atoms with Crippen LogP contribution in [-0.4, -0.2) is 21.6 Å². The number of nitrogens with one attached hydrogen (secondary N) is 1. The Bertz CT molecular complexity index is 512. The third kappa shape index (κ3) is 2.75. The van der Waals surface area contributed by atoms with Crippen molar-refractivity contribution in [1.29, 1.82) is 0 Å². The number of oxazole rings is 1. The van der Waals surface area contributed by atoms with Crippen LogP contribution in [0.1, 0.15) is 20.3 Å². The molecule has 0 radical (unpaired) electrons. The van der Waals surface area contributed by atoms with Crippen molar-refractivity contribution in [1.82, 2.24) is 4.98 Å². The van der Waals surface area contributed by atoms with Gasteiger partial charge in [0.25, 0.3) is 6.01 Å². The zero-order valence-electron chi connectivity index (χ0n) is 9.73. The van der Waals surface area contributed by atoms with E-state index in [1.165, 1.54) is 0 Å². The minimum absolute atomic E-state index is 0.00821. The highest BCUT2D eigenvalue weighted by atomic mass is 16.4. The maximum Gasteiger partial charge on any atom is 0.305 e. The maximum atomic E-state index is 10.7. The average molecular weight is 234 g/mol. The van der Waals surface area contributed by atoms with Crippen LogP contribution in [0, 0.1) is 0 Å². The van der Waals surface area contributed by atoms with Gasteiger partial charge in [-0.25, -0.2) is 0 Å². The van der Waals surface area contributed by atoms with Gasteiger partial charge in [-0.15, -0.1) is 0 Å². The highest BCUT2D eigenvalue weighted by molar-refractivity contribution is 5.74. The molecule has 0 aliphatic heterocycles.